The topological polar surface area (TPSA) is 96.4 Å². The number of amides is 2. The Bertz CT molecular complexity index is 1580. The molecule has 198 valence electrons. The van der Waals surface area contributed by atoms with Crippen molar-refractivity contribution < 1.29 is 23.1 Å². The van der Waals surface area contributed by atoms with Gasteiger partial charge < -0.3 is 15.0 Å². The Balaban J connectivity index is 1.51. The molecule has 0 saturated carbocycles. The number of likely N-dealkylation sites (tertiary alicyclic amines) is 1. The van der Waals surface area contributed by atoms with Gasteiger partial charge in [0.05, 0.1) is 5.52 Å². The normalized spacial score (nSPS) is 15.5. The monoisotopic (exact) mass is 529 g/mol. The lowest BCUT2D eigenvalue weighted by atomic mass is 10.0. The van der Waals surface area contributed by atoms with E-state index < -0.39 is 17.5 Å². The molecule has 1 aliphatic heterocycles. The van der Waals surface area contributed by atoms with Crippen LogP contribution in [0, 0.1) is 11.6 Å². The third kappa shape index (κ3) is 6.07. The Hall–Kier alpha value is -4.70. The fourth-order valence-corrected chi connectivity index (χ4v) is 4.50. The zero-order valence-electron chi connectivity index (χ0n) is 21.0. The lowest BCUT2D eigenvalue weighted by Crippen LogP contribution is -2.21. The number of rotatable bonds is 8. The van der Waals surface area contributed by atoms with Gasteiger partial charge in [0.1, 0.15) is 35.6 Å². The van der Waals surface area contributed by atoms with Crippen LogP contribution >= 0.6 is 0 Å². The molecule has 0 spiro atoms. The number of halogens is 2. The van der Waals surface area contributed by atoms with E-state index in [2.05, 4.69) is 25.5 Å². The summed E-state index contributed by atoms with van der Waals surface area (Å²) in [5.74, 6) is -0.832. The maximum atomic E-state index is 14.4. The van der Waals surface area contributed by atoms with Crippen LogP contribution in [0.15, 0.2) is 67.0 Å². The van der Waals surface area contributed by atoms with Crippen LogP contribution in [0.4, 0.5) is 20.3 Å². The first kappa shape index (κ1) is 25.9. The largest absolute Gasteiger partial charge is 0.488 e. The van der Waals surface area contributed by atoms with Gasteiger partial charge in [-0.2, -0.15) is 0 Å². The fraction of sp³-hybridized carbons (Fsp3) is 0.172. The second-order valence-corrected chi connectivity index (χ2v) is 9.21. The molecular weight excluding hydrogens is 504 g/mol. The minimum absolute atomic E-state index is 0.0163. The van der Waals surface area contributed by atoms with Crippen LogP contribution in [0.5, 0.6) is 5.75 Å². The molecule has 39 heavy (non-hydrogen) atoms. The van der Waals surface area contributed by atoms with Crippen molar-refractivity contribution in [1.82, 2.24) is 20.2 Å². The third-order valence-electron chi connectivity index (χ3n) is 6.39. The van der Waals surface area contributed by atoms with E-state index >= 15 is 0 Å². The fourth-order valence-electron chi connectivity index (χ4n) is 4.50. The Labute approximate surface area is 223 Å². The van der Waals surface area contributed by atoms with Crippen molar-refractivity contribution in [3.63, 3.8) is 0 Å². The van der Waals surface area contributed by atoms with E-state index in [9.17, 15) is 18.4 Å². The molecule has 1 atom stereocenters. The van der Waals surface area contributed by atoms with Gasteiger partial charge >= 0.3 is 0 Å². The molecule has 5 rings (SSSR count). The van der Waals surface area contributed by atoms with Gasteiger partial charge in [-0.3, -0.25) is 14.9 Å². The van der Waals surface area contributed by atoms with Crippen molar-refractivity contribution >= 4 is 40.8 Å². The van der Waals surface area contributed by atoms with Gasteiger partial charge in [-0.15, -0.1) is 0 Å². The van der Waals surface area contributed by atoms with Crippen molar-refractivity contribution in [1.29, 1.82) is 0 Å². The number of aromatic nitrogens is 2. The Kier molecular flexibility index (Phi) is 7.55. The highest BCUT2D eigenvalue weighted by Gasteiger charge is 2.22. The van der Waals surface area contributed by atoms with Crippen molar-refractivity contribution in [2.75, 3.05) is 25.5 Å². The summed E-state index contributed by atoms with van der Waals surface area (Å²) in [5, 5.41) is 5.99. The third-order valence-corrected chi connectivity index (χ3v) is 6.39. The number of imide groups is 1. The lowest BCUT2D eigenvalue weighted by Gasteiger charge is -2.17. The minimum atomic E-state index is -0.657. The Morgan fingerprint density at radius 3 is 2.77 bits per heavy atom. The van der Waals surface area contributed by atoms with E-state index in [-0.39, 0.29) is 11.7 Å². The smallest absolute Gasteiger partial charge is 0.250 e. The van der Waals surface area contributed by atoms with Crippen LogP contribution in [0.1, 0.15) is 12.0 Å². The number of nitrogens with zero attached hydrogens (tertiary/aromatic N) is 3. The summed E-state index contributed by atoms with van der Waals surface area (Å²) >= 11 is 0. The molecular formula is C29H25F2N5O3. The number of hydrogen-bond donors (Lipinski definition) is 2. The number of benzene rings is 3. The number of hydrogen-bond acceptors (Lipinski definition) is 7. The maximum Gasteiger partial charge on any atom is 0.250 e. The highest BCUT2D eigenvalue weighted by Crippen LogP contribution is 2.33. The van der Waals surface area contributed by atoms with Crippen molar-refractivity contribution in [3.8, 4) is 16.9 Å². The van der Waals surface area contributed by atoms with E-state index in [0.717, 1.165) is 25.6 Å². The molecule has 0 aliphatic carbocycles. The number of ether oxygens (including phenoxy) is 1. The van der Waals surface area contributed by atoms with E-state index in [0.29, 0.717) is 45.7 Å². The molecule has 1 aromatic heterocycles. The van der Waals surface area contributed by atoms with Gasteiger partial charge in [0.15, 0.2) is 0 Å². The highest BCUT2D eigenvalue weighted by atomic mass is 19.1. The SMILES string of the molecule is CN1CC[C@@H](Oc2cc3ncnc(Nc4cccc(-c5ccc(F)cc5F)c4)c3cc2C=CC(=O)NC=O)C1. The molecule has 8 nitrogen and oxygen atoms in total. The number of carbonyl (C=O) groups excluding carboxylic acids is 2. The Morgan fingerprint density at radius 1 is 1.13 bits per heavy atom. The van der Waals surface area contributed by atoms with E-state index in [1.165, 1.54) is 24.5 Å². The molecule has 3 aromatic carbocycles. The molecule has 0 unspecified atom stereocenters. The van der Waals surface area contributed by atoms with Crippen LogP contribution in [-0.2, 0) is 9.59 Å². The predicted octanol–water partition coefficient (Wildman–Crippen LogP) is 4.69. The van der Waals surface area contributed by atoms with Gasteiger partial charge in [0.2, 0.25) is 12.3 Å². The molecule has 2 amide bonds. The standard InChI is InChI=1S/C29H25F2N5O3/c1-36-10-9-22(15-36)39-27-14-26-24(12-19(27)5-8-28(38)34-17-37)29(33-16-32-26)35-21-4-2-3-18(11-21)23-7-6-20(30)13-25(23)31/h2-8,11-14,16-17,22H,9-10,15H2,1H3,(H,32,33,35)(H,34,37,38)/t22-/m1/s1. The molecule has 10 heteroatoms. The number of carbonyl (C=O) groups is 2. The summed E-state index contributed by atoms with van der Waals surface area (Å²) in [5.41, 5.74) is 2.70. The molecule has 1 fully saturated rings. The highest BCUT2D eigenvalue weighted by molar-refractivity contribution is 5.99. The Morgan fingerprint density at radius 2 is 2.00 bits per heavy atom. The average molecular weight is 530 g/mol. The number of likely N-dealkylation sites (N-methyl/N-ethyl adjacent to an activating group) is 1. The predicted molar refractivity (Wildman–Crippen MR) is 144 cm³/mol. The van der Waals surface area contributed by atoms with E-state index in [1.807, 2.05) is 7.05 Å². The number of nitrogens with one attached hydrogen (secondary N) is 2. The molecule has 0 radical (unpaired) electrons. The molecule has 4 aromatic rings. The summed E-state index contributed by atoms with van der Waals surface area (Å²) < 4.78 is 34.1. The molecule has 0 bridgehead atoms. The zero-order valence-corrected chi connectivity index (χ0v) is 21.0. The first-order valence-corrected chi connectivity index (χ1v) is 12.3. The van der Waals surface area contributed by atoms with Gasteiger partial charge in [-0.1, -0.05) is 12.1 Å². The van der Waals surface area contributed by atoms with Gasteiger partial charge in [0.25, 0.3) is 0 Å². The van der Waals surface area contributed by atoms with Crippen molar-refractivity contribution in [2.24, 2.45) is 0 Å². The van der Waals surface area contributed by atoms with Gasteiger partial charge in [0, 0.05) is 53.5 Å². The summed E-state index contributed by atoms with van der Waals surface area (Å²) in [6.45, 7) is 1.69. The first-order chi connectivity index (χ1) is 18.9. The minimum Gasteiger partial charge on any atom is -0.488 e. The van der Waals surface area contributed by atoms with Crippen LogP contribution in [0.2, 0.25) is 0 Å². The summed E-state index contributed by atoms with van der Waals surface area (Å²) in [6, 6.07) is 14.1. The van der Waals surface area contributed by atoms with Crippen molar-refractivity contribution in [3.05, 3.63) is 84.2 Å². The van der Waals surface area contributed by atoms with Crippen LogP contribution < -0.4 is 15.4 Å². The molecule has 1 saturated heterocycles. The van der Waals surface area contributed by atoms with Crippen LogP contribution in [0.3, 0.4) is 0 Å². The quantitative estimate of drug-likeness (QED) is 0.253. The second-order valence-electron chi connectivity index (χ2n) is 9.21. The van der Waals surface area contributed by atoms with Crippen LogP contribution in [-0.4, -0.2) is 53.4 Å². The van der Waals surface area contributed by atoms with Crippen molar-refractivity contribution in [2.45, 2.75) is 12.5 Å². The molecule has 2 heterocycles. The molecule has 2 N–H and O–H groups in total. The van der Waals surface area contributed by atoms with Gasteiger partial charge in [-0.25, -0.2) is 18.7 Å². The summed E-state index contributed by atoms with van der Waals surface area (Å²) in [6.07, 6.45) is 5.42. The maximum absolute atomic E-state index is 14.4. The zero-order chi connectivity index (χ0) is 27.4. The van der Waals surface area contributed by atoms with E-state index in [4.69, 9.17) is 4.74 Å². The lowest BCUT2D eigenvalue weighted by molar-refractivity contribution is -0.121. The second kappa shape index (κ2) is 11.4. The van der Waals surface area contributed by atoms with Crippen LogP contribution in [0.25, 0.3) is 28.1 Å². The van der Waals surface area contributed by atoms with E-state index in [1.54, 1.807) is 42.5 Å². The number of anilines is 2. The average Bonchev–Trinajstić information content (AvgIpc) is 3.32. The first-order valence-electron chi connectivity index (χ1n) is 12.3. The summed E-state index contributed by atoms with van der Waals surface area (Å²) in [7, 11) is 2.03. The van der Waals surface area contributed by atoms with Gasteiger partial charge in [-0.05, 0) is 55.4 Å². The molecule has 1 aliphatic rings. The summed E-state index contributed by atoms with van der Waals surface area (Å²) in [4.78, 5) is 33.5. The number of fused-ring (bicyclic) bond motifs is 1.